The molecule has 2 aliphatic rings. The Kier molecular flexibility index (Phi) is 5.43. The highest BCUT2D eigenvalue weighted by Crippen LogP contribution is 2.46. The van der Waals surface area contributed by atoms with Crippen LogP contribution in [0.15, 0.2) is 27.9 Å². The molecule has 0 radical (unpaired) electrons. The standard InChI is InChI=1S/C17H18Cl2N2OS.ClH/c1-21-9-2-3-10(21)7-11(6-9)23-17-13(18)8-14-12(16(17)19)4-5-15(22)20-14;/h4-5,8-11H,2-3,6-7H2,1H3,(H,20,22);1H. The molecule has 1 aromatic heterocycles. The largest absolute Gasteiger partial charge is 0.322 e. The third-order valence-electron chi connectivity index (χ3n) is 5.21. The highest BCUT2D eigenvalue weighted by molar-refractivity contribution is 8.00. The lowest BCUT2D eigenvalue weighted by Crippen LogP contribution is -2.40. The van der Waals surface area contributed by atoms with Crippen LogP contribution in [0, 0.1) is 0 Å². The zero-order chi connectivity index (χ0) is 16.1. The number of rotatable bonds is 2. The molecule has 1 aromatic carbocycles. The van der Waals surface area contributed by atoms with Crippen molar-refractivity contribution in [2.45, 2.75) is 47.9 Å². The number of hydrogen-bond donors (Lipinski definition) is 1. The van der Waals surface area contributed by atoms with E-state index < -0.39 is 0 Å². The van der Waals surface area contributed by atoms with Crippen LogP contribution >= 0.6 is 47.4 Å². The first-order chi connectivity index (χ1) is 11.0. The summed E-state index contributed by atoms with van der Waals surface area (Å²) in [6.45, 7) is 0. The number of nitrogens with zero attached hydrogens (tertiary/aromatic N) is 1. The molecule has 1 N–H and O–H groups in total. The number of pyridine rings is 1. The summed E-state index contributed by atoms with van der Waals surface area (Å²) in [4.78, 5) is 17.7. The van der Waals surface area contributed by atoms with Gasteiger partial charge in [0.1, 0.15) is 0 Å². The topological polar surface area (TPSA) is 36.1 Å². The Morgan fingerprint density at radius 1 is 1.21 bits per heavy atom. The van der Waals surface area contributed by atoms with Gasteiger partial charge < -0.3 is 9.88 Å². The Bertz CT molecular complexity index is 811. The minimum Gasteiger partial charge on any atom is -0.322 e. The first-order valence-corrected chi connectivity index (χ1v) is 9.56. The van der Waals surface area contributed by atoms with Crippen LogP contribution in [0.5, 0.6) is 0 Å². The van der Waals surface area contributed by atoms with Gasteiger partial charge in [0, 0.05) is 33.7 Å². The molecule has 24 heavy (non-hydrogen) atoms. The fourth-order valence-corrected chi connectivity index (χ4v) is 6.09. The number of thioether (sulfide) groups is 1. The van der Waals surface area contributed by atoms with Crippen LogP contribution in [-0.4, -0.2) is 34.3 Å². The Morgan fingerprint density at radius 3 is 2.54 bits per heavy atom. The molecule has 0 saturated carbocycles. The second-order valence-electron chi connectivity index (χ2n) is 6.55. The molecule has 2 aromatic rings. The quantitative estimate of drug-likeness (QED) is 0.766. The van der Waals surface area contributed by atoms with E-state index in [1.54, 1.807) is 17.8 Å². The highest BCUT2D eigenvalue weighted by atomic mass is 35.5. The van der Waals surface area contributed by atoms with Crippen molar-refractivity contribution in [2.75, 3.05) is 7.05 Å². The first kappa shape index (κ1) is 18.4. The Morgan fingerprint density at radius 2 is 1.88 bits per heavy atom. The molecule has 7 heteroatoms. The molecule has 0 spiro atoms. The van der Waals surface area contributed by atoms with E-state index in [0.29, 0.717) is 32.9 Å². The lowest BCUT2D eigenvalue weighted by Gasteiger charge is -2.36. The van der Waals surface area contributed by atoms with Gasteiger partial charge in [0.15, 0.2) is 0 Å². The summed E-state index contributed by atoms with van der Waals surface area (Å²) in [5, 5.41) is 2.69. The summed E-state index contributed by atoms with van der Waals surface area (Å²) in [6, 6.07) is 6.48. The number of hydrogen-bond acceptors (Lipinski definition) is 3. The van der Waals surface area contributed by atoms with Crippen LogP contribution in [0.2, 0.25) is 10.0 Å². The van der Waals surface area contributed by atoms with Gasteiger partial charge in [0.25, 0.3) is 0 Å². The van der Waals surface area contributed by atoms with E-state index in [1.807, 2.05) is 6.07 Å². The van der Waals surface area contributed by atoms with Gasteiger partial charge in [-0.15, -0.1) is 24.2 Å². The summed E-state index contributed by atoms with van der Waals surface area (Å²) >= 11 is 14.9. The molecule has 3 heterocycles. The molecule has 2 unspecified atom stereocenters. The number of aromatic nitrogens is 1. The smallest absolute Gasteiger partial charge is 0.248 e. The molecule has 2 saturated heterocycles. The van der Waals surface area contributed by atoms with Gasteiger partial charge in [-0.1, -0.05) is 23.2 Å². The molecule has 0 amide bonds. The summed E-state index contributed by atoms with van der Waals surface area (Å²) in [6.07, 6.45) is 4.99. The molecule has 2 aliphatic heterocycles. The van der Waals surface area contributed by atoms with E-state index in [2.05, 4.69) is 16.9 Å². The van der Waals surface area contributed by atoms with Crippen molar-refractivity contribution in [3.05, 3.63) is 38.6 Å². The molecule has 2 fully saturated rings. The van der Waals surface area contributed by atoms with E-state index in [4.69, 9.17) is 23.2 Å². The van der Waals surface area contributed by atoms with Crippen molar-refractivity contribution in [1.29, 1.82) is 0 Å². The molecule has 130 valence electrons. The molecule has 2 atom stereocenters. The lowest BCUT2D eigenvalue weighted by atomic mass is 10.0. The van der Waals surface area contributed by atoms with E-state index in [9.17, 15) is 4.79 Å². The zero-order valence-corrected chi connectivity index (χ0v) is 16.4. The summed E-state index contributed by atoms with van der Waals surface area (Å²) in [5.41, 5.74) is 0.553. The lowest BCUT2D eigenvalue weighted by molar-refractivity contribution is 0.183. The van der Waals surface area contributed by atoms with Crippen LogP contribution in [0.3, 0.4) is 0 Å². The minimum absolute atomic E-state index is 0. The summed E-state index contributed by atoms with van der Waals surface area (Å²) in [7, 11) is 2.25. The summed E-state index contributed by atoms with van der Waals surface area (Å²) < 4.78 is 0. The Hall–Kier alpha value is -0.390. The van der Waals surface area contributed by atoms with Crippen molar-refractivity contribution in [2.24, 2.45) is 0 Å². The van der Waals surface area contributed by atoms with Gasteiger partial charge in [0.2, 0.25) is 5.56 Å². The second-order valence-corrected chi connectivity index (χ2v) is 8.64. The zero-order valence-electron chi connectivity index (χ0n) is 13.2. The number of aromatic amines is 1. The normalized spacial score (nSPS) is 26.5. The van der Waals surface area contributed by atoms with E-state index in [1.165, 1.54) is 31.7 Å². The highest BCUT2D eigenvalue weighted by Gasteiger charge is 2.39. The van der Waals surface area contributed by atoms with Crippen LogP contribution < -0.4 is 5.56 Å². The van der Waals surface area contributed by atoms with Gasteiger partial charge >= 0.3 is 0 Å². The Balaban J connectivity index is 0.00000169. The molecule has 4 rings (SSSR count). The van der Waals surface area contributed by atoms with Gasteiger partial charge in [-0.25, -0.2) is 0 Å². The number of halogens is 3. The van der Waals surface area contributed by atoms with Crippen LogP contribution in [-0.2, 0) is 0 Å². The average molecular weight is 406 g/mol. The van der Waals surface area contributed by atoms with Crippen LogP contribution in [0.4, 0.5) is 0 Å². The van der Waals surface area contributed by atoms with Crippen molar-refractivity contribution >= 4 is 58.3 Å². The number of H-pyrrole nitrogens is 1. The maximum atomic E-state index is 11.5. The Labute approximate surface area is 161 Å². The fraction of sp³-hybridized carbons (Fsp3) is 0.471. The van der Waals surface area contributed by atoms with Gasteiger partial charge in [0.05, 0.1) is 15.6 Å². The maximum Gasteiger partial charge on any atom is 0.248 e. The molecule has 2 bridgehead atoms. The van der Waals surface area contributed by atoms with Crippen LogP contribution in [0.1, 0.15) is 25.7 Å². The molecule has 3 nitrogen and oxygen atoms in total. The SMILES string of the molecule is CN1C2CCC1CC(Sc1c(Cl)cc3[nH]c(=O)ccc3c1Cl)C2.Cl. The van der Waals surface area contributed by atoms with Crippen molar-refractivity contribution in [1.82, 2.24) is 9.88 Å². The van der Waals surface area contributed by atoms with Gasteiger partial charge in [-0.05, 0) is 44.9 Å². The number of fused-ring (bicyclic) bond motifs is 3. The monoisotopic (exact) mass is 404 g/mol. The number of nitrogens with one attached hydrogen (secondary N) is 1. The molecular weight excluding hydrogens is 387 g/mol. The number of benzene rings is 1. The van der Waals surface area contributed by atoms with Crippen molar-refractivity contribution in [3.63, 3.8) is 0 Å². The number of piperidine rings is 1. The van der Waals surface area contributed by atoms with E-state index in [0.717, 1.165) is 10.3 Å². The molecule has 0 aliphatic carbocycles. The van der Waals surface area contributed by atoms with Crippen LogP contribution in [0.25, 0.3) is 10.9 Å². The third kappa shape index (κ3) is 3.19. The van der Waals surface area contributed by atoms with Crippen molar-refractivity contribution in [3.8, 4) is 0 Å². The molecular formula is C17H19Cl3N2OS. The van der Waals surface area contributed by atoms with Gasteiger partial charge in [-0.2, -0.15) is 0 Å². The predicted octanol–water partition coefficient (Wildman–Crippen LogP) is 4.97. The maximum absolute atomic E-state index is 11.5. The van der Waals surface area contributed by atoms with E-state index in [-0.39, 0.29) is 18.0 Å². The third-order valence-corrected chi connectivity index (χ3v) is 7.51. The fourth-order valence-electron chi connectivity index (χ4n) is 3.95. The predicted molar refractivity (Wildman–Crippen MR) is 105 cm³/mol. The first-order valence-electron chi connectivity index (χ1n) is 7.92. The second kappa shape index (κ2) is 7.08. The van der Waals surface area contributed by atoms with E-state index >= 15 is 0 Å². The average Bonchev–Trinajstić information content (AvgIpc) is 2.73. The van der Waals surface area contributed by atoms with Crippen molar-refractivity contribution < 1.29 is 0 Å². The summed E-state index contributed by atoms with van der Waals surface area (Å²) in [5.74, 6) is 0. The minimum atomic E-state index is -0.142. The van der Waals surface area contributed by atoms with Gasteiger partial charge in [-0.3, -0.25) is 4.79 Å².